The maximum Gasteiger partial charge on any atom is 0.315 e. The second-order valence-corrected chi connectivity index (χ2v) is 6.11. The van der Waals surface area contributed by atoms with E-state index in [1.807, 2.05) is 36.4 Å². The first-order chi connectivity index (χ1) is 11.7. The number of aromatic nitrogens is 1. The molecule has 0 aliphatic heterocycles. The minimum Gasteiger partial charge on any atom is -0.381 e. The van der Waals surface area contributed by atoms with Gasteiger partial charge in [-0.3, -0.25) is 4.98 Å². The standard InChI is InChI=1S/C19H23N3O2/c1-24-17-9-8-16(12-17)22-19(23)21-13-14-5-4-6-15(11-14)18-7-2-3-10-20-18/h2-7,10-11,16-17H,8-9,12-13H2,1H3,(H2,21,22,23). The molecule has 2 N–H and O–H groups in total. The number of carbonyl (C=O) groups is 1. The lowest BCUT2D eigenvalue weighted by Gasteiger charge is -2.14. The van der Waals surface area contributed by atoms with Crippen LogP contribution < -0.4 is 10.6 Å². The first-order valence-electron chi connectivity index (χ1n) is 8.32. The number of hydrogen-bond donors (Lipinski definition) is 2. The minimum atomic E-state index is -0.125. The van der Waals surface area contributed by atoms with E-state index in [4.69, 9.17) is 4.74 Å². The number of nitrogens with one attached hydrogen (secondary N) is 2. The second-order valence-electron chi connectivity index (χ2n) is 6.11. The molecule has 2 atom stereocenters. The first kappa shape index (κ1) is 16.5. The van der Waals surface area contributed by atoms with E-state index in [0.717, 1.165) is 36.1 Å². The van der Waals surface area contributed by atoms with Crippen LogP contribution in [0.15, 0.2) is 48.7 Å². The van der Waals surface area contributed by atoms with Crippen molar-refractivity contribution in [1.82, 2.24) is 15.6 Å². The molecule has 2 amide bonds. The van der Waals surface area contributed by atoms with Crippen LogP contribution in [0.3, 0.4) is 0 Å². The molecule has 3 rings (SSSR count). The normalized spacial score (nSPS) is 19.9. The van der Waals surface area contributed by atoms with Crippen molar-refractivity contribution >= 4 is 6.03 Å². The van der Waals surface area contributed by atoms with Gasteiger partial charge in [0.05, 0.1) is 11.8 Å². The summed E-state index contributed by atoms with van der Waals surface area (Å²) in [4.78, 5) is 16.4. The van der Waals surface area contributed by atoms with E-state index in [2.05, 4.69) is 21.7 Å². The molecule has 0 spiro atoms. The zero-order valence-corrected chi connectivity index (χ0v) is 13.9. The Morgan fingerprint density at radius 3 is 2.92 bits per heavy atom. The van der Waals surface area contributed by atoms with E-state index in [1.165, 1.54) is 0 Å². The van der Waals surface area contributed by atoms with Crippen LogP contribution in [0.4, 0.5) is 4.79 Å². The van der Waals surface area contributed by atoms with Gasteiger partial charge in [0.25, 0.3) is 0 Å². The highest BCUT2D eigenvalue weighted by Gasteiger charge is 2.25. The molecular weight excluding hydrogens is 302 g/mol. The molecule has 1 aliphatic rings. The number of benzene rings is 1. The van der Waals surface area contributed by atoms with Crippen LogP contribution >= 0.6 is 0 Å². The fourth-order valence-electron chi connectivity index (χ4n) is 3.08. The number of nitrogens with zero attached hydrogens (tertiary/aromatic N) is 1. The SMILES string of the molecule is COC1CCC(NC(=O)NCc2cccc(-c3ccccn3)c2)C1. The minimum absolute atomic E-state index is 0.125. The van der Waals surface area contributed by atoms with Gasteiger partial charge in [-0.15, -0.1) is 0 Å². The van der Waals surface area contributed by atoms with E-state index < -0.39 is 0 Å². The molecule has 2 unspecified atom stereocenters. The quantitative estimate of drug-likeness (QED) is 0.888. The van der Waals surface area contributed by atoms with Crippen molar-refractivity contribution in [2.75, 3.05) is 7.11 Å². The summed E-state index contributed by atoms with van der Waals surface area (Å²) in [6.07, 6.45) is 4.92. The number of carbonyl (C=O) groups excluding carboxylic acids is 1. The molecule has 2 aromatic rings. The maximum atomic E-state index is 12.0. The third-order valence-electron chi connectivity index (χ3n) is 4.39. The second kappa shape index (κ2) is 7.93. The zero-order valence-electron chi connectivity index (χ0n) is 13.9. The maximum absolute atomic E-state index is 12.0. The van der Waals surface area contributed by atoms with Crippen LogP contribution in [0.25, 0.3) is 11.3 Å². The van der Waals surface area contributed by atoms with Gasteiger partial charge >= 0.3 is 6.03 Å². The summed E-state index contributed by atoms with van der Waals surface area (Å²) in [5.41, 5.74) is 3.03. The summed E-state index contributed by atoms with van der Waals surface area (Å²) in [5, 5.41) is 5.94. The van der Waals surface area contributed by atoms with Gasteiger partial charge in [0.2, 0.25) is 0 Å². The highest BCUT2D eigenvalue weighted by Crippen LogP contribution is 2.21. The third-order valence-corrected chi connectivity index (χ3v) is 4.39. The van der Waals surface area contributed by atoms with Crippen LogP contribution in [0.2, 0.25) is 0 Å². The summed E-state index contributed by atoms with van der Waals surface area (Å²) in [6.45, 7) is 0.493. The summed E-state index contributed by atoms with van der Waals surface area (Å²) in [6, 6.07) is 14.0. The van der Waals surface area contributed by atoms with Gasteiger partial charge in [-0.2, -0.15) is 0 Å². The van der Waals surface area contributed by atoms with E-state index in [9.17, 15) is 4.79 Å². The Bertz CT molecular complexity index is 675. The van der Waals surface area contributed by atoms with E-state index in [0.29, 0.717) is 6.54 Å². The Morgan fingerprint density at radius 1 is 1.25 bits per heavy atom. The van der Waals surface area contributed by atoms with Gasteiger partial charge in [-0.1, -0.05) is 24.3 Å². The van der Waals surface area contributed by atoms with Crippen LogP contribution in [-0.2, 0) is 11.3 Å². The van der Waals surface area contributed by atoms with Gasteiger partial charge in [0.1, 0.15) is 0 Å². The third kappa shape index (κ3) is 4.32. The van der Waals surface area contributed by atoms with Gasteiger partial charge < -0.3 is 15.4 Å². The lowest BCUT2D eigenvalue weighted by molar-refractivity contribution is 0.107. The smallest absolute Gasteiger partial charge is 0.315 e. The Kier molecular flexibility index (Phi) is 5.43. The highest BCUT2D eigenvalue weighted by molar-refractivity contribution is 5.74. The molecular formula is C19H23N3O2. The number of hydrogen-bond acceptors (Lipinski definition) is 3. The molecule has 1 aromatic carbocycles. The van der Waals surface area contributed by atoms with Crippen molar-refractivity contribution in [2.24, 2.45) is 0 Å². The van der Waals surface area contributed by atoms with Gasteiger partial charge in [-0.05, 0) is 43.0 Å². The Labute approximate surface area is 142 Å². The zero-order chi connectivity index (χ0) is 16.8. The molecule has 1 heterocycles. The number of urea groups is 1. The van der Waals surface area contributed by atoms with Crippen LogP contribution in [0.5, 0.6) is 0 Å². The molecule has 0 saturated heterocycles. The first-order valence-corrected chi connectivity index (χ1v) is 8.32. The molecule has 1 saturated carbocycles. The average molecular weight is 325 g/mol. The van der Waals surface area contributed by atoms with Crippen molar-refractivity contribution in [3.63, 3.8) is 0 Å². The Hall–Kier alpha value is -2.40. The van der Waals surface area contributed by atoms with E-state index in [1.54, 1.807) is 13.3 Å². The predicted octanol–water partition coefficient (Wildman–Crippen LogP) is 3.12. The van der Waals surface area contributed by atoms with Crippen LogP contribution in [0, 0.1) is 0 Å². The van der Waals surface area contributed by atoms with Crippen LogP contribution in [0.1, 0.15) is 24.8 Å². The molecule has 126 valence electrons. The fourth-order valence-corrected chi connectivity index (χ4v) is 3.08. The number of pyridine rings is 1. The van der Waals surface area contributed by atoms with Crippen LogP contribution in [-0.4, -0.2) is 30.3 Å². The lowest BCUT2D eigenvalue weighted by atomic mass is 10.1. The molecule has 1 fully saturated rings. The molecule has 24 heavy (non-hydrogen) atoms. The molecule has 1 aromatic heterocycles. The van der Waals surface area contributed by atoms with Crippen molar-refractivity contribution in [2.45, 2.75) is 38.0 Å². The van der Waals surface area contributed by atoms with Gasteiger partial charge in [0.15, 0.2) is 0 Å². The monoisotopic (exact) mass is 325 g/mol. The van der Waals surface area contributed by atoms with Crippen molar-refractivity contribution < 1.29 is 9.53 Å². The summed E-state index contributed by atoms with van der Waals surface area (Å²) in [5.74, 6) is 0. The Balaban J connectivity index is 1.52. The molecule has 0 bridgehead atoms. The summed E-state index contributed by atoms with van der Waals surface area (Å²) < 4.78 is 5.33. The molecule has 5 nitrogen and oxygen atoms in total. The summed E-state index contributed by atoms with van der Waals surface area (Å²) >= 11 is 0. The van der Waals surface area contributed by atoms with Crippen molar-refractivity contribution in [3.05, 3.63) is 54.2 Å². The van der Waals surface area contributed by atoms with Crippen molar-refractivity contribution in [1.29, 1.82) is 0 Å². The average Bonchev–Trinajstić information content (AvgIpc) is 3.08. The predicted molar refractivity (Wildman–Crippen MR) is 93.5 cm³/mol. The van der Waals surface area contributed by atoms with E-state index >= 15 is 0 Å². The summed E-state index contributed by atoms with van der Waals surface area (Å²) in [7, 11) is 1.72. The van der Waals surface area contributed by atoms with Crippen molar-refractivity contribution in [3.8, 4) is 11.3 Å². The number of methoxy groups -OCH3 is 1. The van der Waals surface area contributed by atoms with E-state index in [-0.39, 0.29) is 18.2 Å². The van der Waals surface area contributed by atoms with Gasteiger partial charge in [-0.25, -0.2) is 4.79 Å². The largest absolute Gasteiger partial charge is 0.381 e. The highest BCUT2D eigenvalue weighted by atomic mass is 16.5. The number of rotatable bonds is 5. The molecule has 5 heteroatoms. The number of ether oxygens (including phenoxy) is 1. The fraction of sp³-hybridized carbons (Fsp3) is 0.368. The van der Waals surface area contributed by atoms with Gasteiger partial charge in [0, 0.05) is 31.5 Å². The molecule has 1 aliphatic carbocycles. The lowest BCUT2D eigenvalue weighted by Crippen LogP contribution is -2.40. The number of amides is 2. The topological polar surface area (TPSA) is 63.2 Å². The molecule has 0 radical (unpaired) electrons. The Morgan fingerprint density at radius 2 is 2.17 bits per heavy atom.